The summed E-state index contributed by atoms with van der Waals surface area (Å²) in [6.45, 7) is 0. The van der Waals surface area contributed by atoms with E-state index >= 15 is 0 Å². The van der Waals surface area contributed by atoms with Gasteiger partial charge in [0.25, 0.3) is 0 Å². The van der Waals surface area contributed by atoms with Crippen LogP contribution in [0.5, 0.6) is 0 Å². The third kappa shape index (κ3) is 4.68. The molecule has 1 amide bonds. The summed E-state index contributed by atoms with van der Waals surface area (Å²) in [5.74, 6) is 0. The summed E-state index contributed by atoms with van der Waals surface area (Å²) < 4.78 is 4.33. The van der Waals surface area contributed by atoms with E-state index in [1.165, 1.54) is 6.26 Å². The molecule has 4 heteroatoms. The van der Waals surface area contributed by atoms with Crippen LogP contribution in [-0.4, -0.2) is 11.6 Å². The summed E-state index contributed by atoms with van der Waals surface area (Å²) in [4.78, 5) is 8.58. The van der Waals surface area contributed by atoms with E-state index in [-0.39, 0.29) is 6.41 Å². The Morgan fingerprint density at radius 3 is 2.50 bits per heavy atom. The topological polar surface area (TPSA) is 69.1 Å². The van der Waals surface area contributed by atoms with Gasteiger partial charge in [-0.05, 0) is 6.07 Å². The summed E-state index contributed by atoms with van der Waals surface area (Å²) in [5, 5.41) is 3.35. The van der Waals surface area contributed by atoms with Crippen molar-refractivity contribution < 1.29 is 9.32 Å². The Hall–Kier alpha value is -1.32. The Kier molecular flexibility index (Phi) is 4.74. The van der Waals surface area contributed by atoms with Crippen LogP contribution in [0.2, 0.25) is 0 Å². The summed E-state index contributed by atoms with van der Waals surface area (Å²) in [6.07, 6.45) is 3.35. The number of carbonyl (C=O) groups is 1. The van der Waals surface area contributed by atoms with E-state index in [0.717, 1.165) is 0 Å². The van der Waals surface area contributed by atoms with Gasteiger partial charge in [0.1, 0.15) is 6.26 Å². The molecule has 0 aliphatic rings. The van der Waals surface area contributed by atoms with Crippen molar-refractivity contribution in [2.75, 3.05) is 0 Å². The summed E-state index contributed by atoms with van der Waals surface area (Å²) in [6, 6.07) is 1.72. The Morgan fingerprint density at radius 2 is 2.38 bits per heavy atom. The van der Waals surface area contributed by atoms with Crippen LogP contribution in [0.1, 0.15) is 0 Å². The number of primary amides is 1. The molecule has 0 unspecified atom stereocenters. The van der Waals surface area contributed by atoms with Crippen molar-refractivity contribution in [3.05, 3.63) is 18.5 Å². The normalized spacial score (nSPS) is 6.50. The first-order valence-electron chi connectivity index (χ1n) is 1.91. The lowest BCUT2D eigenvalue weighted by Crippen LogP contribution is -1.82. The molecular weight excluding hydrogens is 108 g/mol. The number of aromatic nitrogens is 1. The molecule has 44 valence electrons. The second kappa shape index (κ2) is 5.68. The molecule has 4 nitrogen and oxygen atoms in total. The molecule has 0 radical (unpaired) electrons. The summed E-state index contributed by atoms with van der Waals surface area (Å²) >= 11 is 0. The van der Waals surface area contributed by atoms with Crippen molar-refractivity contribution in [1.82, 2.24) is 5.16 Å². The maximum atomic E-state index is 8.58. The fourth-order valence-electron chi connectivity index (χ4n) is 0.176. The standard InChI is InChI=1S/C3H3NO.CH3NO/c1-2-4-5-3-1;2-1-3/h1-3H;1H,(H2,2,3). The Morgan fingerprint density at radius 1 is 1.75 bits per heavy atom. The zero-order valence-electron chi connectivity index (χ0n) is 4.15. The summed E-state index contributed by atoms with van der Waals surface area (Å²) in [7, 11) is 0. The summed E-state index contributed by atoms with van der Waals surface area (Å²) in [5.41, 5.74) is 4.17. The van der Waals surface area contributed by atoms with Crippen LogP contribution in [0, 0.1) is 0 Å². The van der Waals surface area contributed by atoms with Crippen LogP contribution in [0.4, 0.5) is 0 Å². The lowest BCUT2D eigenvalue weighted by Gasteiger charge is -1.48. The zero-order chi connectivity index (χ0) is 6.24. The SMILES string of the molecule is NC=O.c1cnoc1. The molecule has 0 bridgehead atoms. The van der Waals surface area contributed by atoms with E-state index in [9.17, 15) is 0 Å². The monoisotopic (exact) mass is 114 g/mol. The van der Waals surface area contributed by atoms with E-state index in [2.05, 4.69) is 15.4 Å². The van der Waals surface area contributed by atoms with Gasteiger partial charge in [-0.3, -0.25) is 4.79 Å². The first-order chi connectivity index (χ1) is 3.91. The molecule has 0 fully saturated rings. The largest absolute Gasteiger partial charge is 0.372 e. The van der Waals surface area contributed by atoms with Crippen molar-refractivity contribution in [3.63, 3.8) is 0 Å². The maximum absolute atomic E-state index is 8.58. The lowest BCUT2D eigenvalue weighted by molar-refractivity contribution is -0.106. The Labute approximate surface area is 46.3 Å². The molecule has 0 saturated heterocycles. The van der Waals surface area contributed by atoms with Crippen LogP contribution in [0.25, 0.3) is 0 Å². The van der Waals surface area contributed by atoms with Gasteiger partial charge in [0.05, 0.1) is 6.20 Å². The average Bonchev–Trinajstić information content (AvgIpc) is 2.17. The van der Waals surface area contributed by atoms with Gasteiger partial charge in [-0.15, -0.1) is 0 Å². The number of amides is 1. The second-order valence-corrected chi connectivity index (χ2v) is 0.825. The fourth-order valence-corrected chi connectivity index (χ4v) is 0.176. The van der Waals surface area contributed by atoms with Gasteiger partial charge in [-0.2, -0.15) is 0 Å². The molecule has 0 saturated carbocycles. The minimum atomic E-state index is 0.250. The van der Waals surface area contributed by atoms with Crippen LogP contribution >= 0.6 is 0 Å². The zero-order valence-corrected chi connectivity index (χ0v) is 4.15. The van der Waals surface area contributed by atoms with E-state index in [4.69, 9.17) is 4.79 Å². The molecule has 1 aromatic heterocycles. The van der Waals surface area contributed by atoms with E-state index in [0.29, 0.717) is 0 Å². The van der Waals surface area contributed by atoms with E-state index < -0.39 is 0 Å². The van der Waals surface area contributed by atoms with Gasteiger partial charge in [-0.25, -0.2) is 0 Å². The van der Waals surface area contributed by atoms with Crippen LogP contribution in [0.3, 0.4) is 0 Å². The molecule has 0 aliphatic carbocycles. The smallest absolute Gasteiger partial charge is 0.204 e. The molecule has 1 aromatic rings. The quantitative estimate of drug-likeness (QED) is 0.474. The van der Waals surface area contributed by atoms with Gasteiger partial charge in [-0.1, -0.05) is 5.16 Å². The number of rotatable bonds is 0. The maximum Gasteiger partial charge on any atom is 0.204 e. The van der Waals surface area contributed by atoms with Gasteiger partial charge in [0.15, 0.2) is 0 Å². The number of nitrogens with zero attached hydrogens (tertiary/aromatic N) is 1. The van der Waals surface area contributed by atoms with Crippen LogP contribution in [0.15, 0.2) is 23.0 Å². The van der Waals surface area contributed by atoms with Crippen molar-refractivity contribution in [2.45, 2.75) is 0 Å². The number of hydrogen-bond donors (Lipinski definition) is 1. The number of hydrogen-bond acceptors (Lipinski definition) is 3. The first kappa shape index (κ1) is 6.68. The van der Waals surface area contributed by atoms with E-state index in [1.54, 1.807) is 12.3 Å². The van der Waals surface area contributed by atoms with Gasteiger partial charge in [0.2, 0.25) is 6.41 Å². The highest BCUT2D eigenvalue weighted by atomic mass is 16.5. The van der Waals surface area contributed by atoms with Crippen LogP contribution < -0.4 is 5.73 Å². The minimum Gasteiger partial charge on any atom is -0.372 e. The van der Waals surface area contributed by atoms with Crippen molar-refractivity contribution >= 4 is 6.41 Å². The molecular formula is C4H6N2O2. The molecule has 8 heavy (non-hydrogen) atoms. The Bertz CT molecular complexity index is 98.4. The highest BCUT2D eigenvalue weighted by Crippen LogP contribution is 1.72. The third-order valence-electron chi connectivity index (χ3n) is 0.347. The van der Waals surface area contributed by atoms with Crippen LogP contribution in [-0.2, 0) is 4.79 Å². The fraction of sp³-hybridized carbons (Fsp3) is 0. The molecule has 2 N–H and O–H groups in total. The van der Waals surface area contributed by atoms with Gasteiger partial charge in [0, 0.05) is 0 Å². The highest BCUT2D eigenvalue weighted by Gasteiger charge is 1.60. The van der Waals surface area contributed by atoms with E-state index in [1.807, 2.05) is 0 Å². The second-order valence-electron chi connectivity index (χ2n) is 0.825. The molecule has 0 atom stereocenters. The number of carbonyl (C=O) groups excluding carboxylic acids is 1. The Balaban J connectivity index is 0.000000145. The van der Waals surface area contributed by atoms with Gasteiger partial charge >= 0.3 is 0 Å². The molecule has 1 rings (SSSR count). The molecule has 1 heterocycles. The molecule has 0 aromatic carbocycles. The lowest BCUT2D eigenvalue weighted by atomic mass is 10.8. The molecule has 0 aliphatic heterocycles. The average molecular weight is 114 g/mol. The molecule has 0 spiro atoms. The predicted octanol–water partition coefficient (Wildman–Crippen LogP) is -0.224. The third-order valence-corrected chi connectivity index (χ3v) is 0.347. The predicted molar refractivity (Wildman–Crippen MR) is 26.8 cm³/mol. The van der Waals surface area contributed by atoms with Crippen molar-refractivity contribution in [2.24, 2.45) is 5.73 Å². The van der Waals surface area contributed by atoms with Crippen molar-refractivity contribution in [3.8, 4) is 0 Å². The van der Waals surface area contributed by atoms with Gasteiger partial charge < -0.3 is 10.3 Å². The highest BCUT2D eigenvalue weighted by molar-refractivity contribution is 5.42. The van der Waals surface area contributed by atoms with Crippen molar-refractivity contribution in [1.29, 1.82) is 0 Å². The minimum absolute atomic E-state index is 0.250. The number of nitrogens with two attached hydrogens (primary N) is 1. The first-order valence-corrected chi connectivity index (χ1v) is 1.91.